The van der Waals surface area contributed by atoms with Crippen LogP contribution in [-0.2, 0) is 0 Å². The number of anilines is 2. The Morgan fingerprint density at radius 3 is 2.84 bits per heavy atom. The largest absolute Gasteiger partial charge is 0.397 e. The molecule has 0 atom stereocenters. The highest BCUT2D eigenvalue weighted by Gasteiger charge is 2.10. The second kappa shape index (κ2) is 5.30. The molecule has 0 aliphatic carbocycles. The van der Waals surface area contributed by atoms with Crippen LogP contribution in [0.5, 0.6) is 0 Å². The van der Waals surface area contributed by atoms with Crippen molar-refractivity contribution in [2.45, 2.75) is 20.3 Å². The molecule has 0 spiro atoms. The van der Waals surface area contributed by atoms with Gasteiger partial charge in [0.25, 0.3) is 5.56 Å². The van der Waals surface area contributed by atoms with Gasteiger partial charge in [0.05, 0.1) is 28.6 Å². The molecule has 0 saturated carbocycles. The van der Waals surface area contributed by atoms with Crippen LogP contribution in [0.2, 0.25) is 0 Å². The average molecular weight is 260 g/mol. The van der Waals surface area contributed by atoms with Crippen molar-refractivity contribution in [3.05, 3.63) is 28.8 Å². The van der Waals surface area contributed by atoms with Crippen LogP contribution in [0, 0.1) is 5.92 Å². The number of fused-ring (bicyclic) bond motifs is 1. The van der Waals surface area contributed by atoms with Crippen LogP contribution in [0.1, 0.15) is 20.3 Å². The normalized spacial score (nSPS) is 11.2. The van der Waals surface area contributed by atoms with Crippen molar-refractivity contribution in [1.82, 2.24) is 9.97 Å². The van der Waals surface area contributed by atoms with Gasteiger partial charge in [0.1, 0.15) is 0 Å². The van der Waals surface area contributed by atoms with E-state index in [4.69, 9.17) is 5.73 Å². The summed E-state index contributed by atoms with van der Waals surface area (Å²) in [6, 6.07) is 3.57. The molecule has 0 radical (unpaired) electrons. The topological polar surface area (TPSA) is 75.0 Å². The van der Waals surface area contributed by atoms with Gasteiger partial charge in [0.2, 0.25) is 0 Å². The number of nitrogen functional groups attached to an aromatic ring is 1. The quantitative estimate of drug-likeness (QED) is 0.824. The number of nitrogens with one attached hydrogen (secondary N) is 1. The van der Waals surface area contributed by atoms with E-state index >= 15 is 0 Å². The molecule has 19 heavy (non-hydrogen) atoms. The van der Waals surface area contributed by atoms with Crippen molar-refractivity contribution in [3.63, 3.8) is 0 Å². The predicted molar refractivity (Wildman–Crippen MR) is 79.5 cm³/mol. The Morgan fingerprint density at radius 1 is 1.42 bits per heavy atom. The highest BCUT2D eigenvalue weighted by molar-refractivity contribution is 5.88. The molecule has 5 heteroatoms. The second-order valence-corrected chi connectivity index (χ2v) is 5.26. The van der Waals surface area contributed by atoms with Gasteiger partial charge < -0.3 is 15.6 Å². The van der Waals surface area contributed by atoms with E-state index in [1.54, 1.807) is 6.07 Å². The highest BCUT2D eigenvalue weighted by atomic mass is 16.1. The molecule has 2 rings (SSSR count). The van der Waals surface area contributed by atoms with E-state index < -0.39 is 0 Å². The van der Waals surface area contributed by atoms with E-state index in [0.717, 1.165) is 18.7 Å². The molecule has 2 aromatic rings. The third-order valence-corrected chi connectivity index (χ3v) is 3.24. The summed E-state index contributed by atoms with van der Waals surface area (Å²) in [6.45, 7) is 5.31. The smallest absolute Gasteiger partial charge is 0.258 e. The molecular formula is C14H20N4O. The molecule has 3 N–H and O–H groups in total. The number of benzene rings is 1. The van der Waals surface area contributed by atoms with Crippen molar-refractivity contribution in [2.75, 3.05) is 24.2 Å². The Balaban J connectivity index is 2.39. The van der Waals surface area contributed by atoms with Crippen LogP contribution >= 0.6 is 0 Å². The number of aromatic amines is 1. The Kier molecular flexibility index (Phi) is 3.74. The van der Waals surface area contributed by atoms with Gasteiger partial charge in [0, 0.05) is 13.6 Å². The van der Waals surface area contributed by atoms with Gasteiger partial charge in [-0.05, 0) is 24.5 Å². The first-order valence-corrected chi connectivity index (χ1v) is 6.47. The van der Waals surface area contributed by atoms with Gasteiger partial charge in [-0.15, -0.1) is 0 Å². The molecule has 0 amide bonds. The Bertz CT molecular complexity index is 633. The van der Waals surface area contributed by atoms with E-state index in [-0.39, 0.29) is 5.56 Å². The Morgan fingerprint density at radius 2 is 2.16 bits per heavy atom. The zero-order valence-corrected chi connectivity index (χ0v) is 11.6. The Labute approximate surface area is 112 Å². The standard InChI is InChI=1S/C14H20N4O/c1-9(2)4-5-18(3)13-7-12-10(6-11(13)15)14(19)17-8-16-12/h6-9H,4-5,15H2,1-3H3,(H,16,17,19). The maximum atomic E-state index is 11.7. The number of nitrogens with two attached hydrogens (primary N) is 1. The molecule has 1 heterocycles. The number of aromatic nitrogens is 2. The van der Waals surface area contributed by atoms with Gasteiger partial charge in [-0.3, -0.25) is 4.79 Å². The Hall–Kier alpha value is -2.04. The highest BCUT2D eigenvalue weighted by Crippen LogP contribution is 2.26. The molecular weight excluding hydrogens is 240 g/mol. The molecule has 0 bridgehead atoms. The van der Waals surface area contributed by atoms with Crippen LogP contribution in [0.25, 0.3) is 10.9 Å². The SMILES string of the molecule is CC(C)CCN(C)c1cc2nc[nH]c(=O)c2cc1N. The minimum atomic E-state index is -0.159. The number of H-pyrrole nitrogens is 1. The average Bonchev–Trinajstić information content (AvgIpc) is 2.36. The lowest BCUT2D eigenvalue weighted by atomic mass is 10.1. The summed E-state index contributed by atoms with van der Waals surface area (Å²) in [5.74, 6) is 0.644. The predicted octanol–water partition coefficient (Wildman–Crippen LogP) is 1.99. The van der Waals surface area contributed by atoms with Crippen LogP contribution in [-0.4, -0.2) is 23.6 Å². The molecule has 0 aliphatic heterocycles. The maximum absolute atomic E-state index is 11.7. The molecule has 1 aromatic carbocycles. The van der Waals surface area contributed by atoms with Gasteiger partial charge in [-0.25, -0.2) is 4.98 Å². The molecule has 5 nitrogen and oxygen atoms in total. The molecule has 102 valence electrons. The molecule has 0 saturated heterocycles. The third kappa shape index (κ3) is 2.86. The lowest BCUT2D eigenvalue weighted by Gasteiger charge is -2.22. The van der Waals surface area contributed by atoms with Gasteiger partial charge >= 0.3 is 0 Å². The monoisotopic (exact) mass is 260 g/mol. The summed E-state index contributed by atoms with van der Waals surface area (Å²) in [4.78, 5) is 20.5. The first-order chi connectivity index (χ1) is 8.99. The molecule has 0 fully saturated rings. The minimum Gasteiger partial charge on any atom is -0.397 e. The van der Waals surface area contributed by atoms with Crippen molar-refractivity contribution in [1.29, 1.82) is 0 Å². The summed E-state index contributed by atoms with van der Waals surface area (Å²) in [6.07, 6.45) is 2.51. The number of nitrogens with zero attached hydrogens (tertiary/aromatic N) is 2. The first-order valence-electron chi connectivity index (χ1n) is 6.47. The van der Waals surface area contributed by atoms with Crippen LogP contribution in [0.3, 0.4) is 0 Å². The second-order valence-electron chi connectivity index (χ2n) is 5.26. The summed E-state index contributed by atoms with van der Waals surface area (Å²) >= 11 is 0. The fraction of sp³-hybridized carbons (Fsp3) is 0.429. The fourth-order valence-corrected chi connectivity index (χ4v) is 2.02. The summed E-state index contributed by atoms with van der Waals surface area (Å²) in [7, 11) is 2.01. The molecule has 0 aliphatic rings. The molecule has 0 unspecified atom stereocenters. The van der Waals surface area contributed by atoms with E-state index in [0.29, 0.717) is 22.5 Å². The zero-order chi connectivity index (χ0) is 14.0. The van der Waals surface area contributed by atoms with Crippen molar-refractivity contribution in [3.8, 4) is 0 Å². The van der Waals surface area contributed by atoms with Crippen LogP contribution in [0.15, 0.2) is 23.3 Å². The number of hydrogen-bond donors (Lipinski definition) is 2. The summed E-state index contributed by atoms with van der Waals surface area (Å²) < 4.78 is 0. The summed E-state index contributed by atoms with van der Waals surface area (Å²) in [5.41, 5.74) is 8.08. The van der Waals surface area contributed by atoms with Crippen LogP contribution < -0.4 is 16.2 Å². The van der Waals surface area contributed by atoms with Crippen molar-refractivity contribution >= 4 is 22.3 Å². The van der Waals surface area contributed by atoms with Gasteiger partial charge in [-0.2, -0.15) is 0 Å². The zero-order valence-electron chi connectivity index (χ0n) is 11.6. The van der Waals surface area contributed by atoms with Gasteiger partial charge in [-0.1, -0.05) is 13.8 Å². The van der Waals surface area contributed by atoms with E-state index in [2.05, 4.69) is 28.7 Å². The molecule has 1 aromatic heterocycles. The maximum Gasteiger partial charge on any atom is 0.258 e. The first kappa shape index (κ1) is 13.4. The van der Waals surface area contributed by atoms with Crippen molar-refractivity contribution in [2.24, 2.45) is 5.92 Å². The minimum absolute atomic E-state index is 0.159. The fourth-order valence-electron chi connectivity index (χ4n) is 2.02. The van der Waals surface area contributed by atoms with Crippen LogP contribution in [0.4, 0.5) is 11.4 Å². The van der Waals surface area contributed by atoms with Gasteiger partial charge in [0.15, 0.2) is 0 Å². The van der Waals surface area contributed by atoms with E-state index in [1.807, 2.05) is 13.1 Å². The lowest BCUT2D eigenvalue weighted by molar-refractivity contribution is 0.585. The van der Waals surface area contributed by atoms with E-state index in [9.17, 15) is 4.79 Å². The van der Waals surface area contributed by atoms with E-state index in [1.165, 1.54) is 6.33 Å². The third-order valence-electron chi connectivity index (χ3n) is 3.24. The summed E-state index contributed by atoms with van der Waals surface area (Å²) in [5, 5.41) is 0.529. The number of rotatable bonds is 4. The van der Waals surface area contributed by atoms with Crippen molar-refractivity contribution < 1.29 is 0 Å². The lowest BCUT2D eigenvalue weighted by Crippen LogP contribution is -2.21. The number of hydrogen-bond acceptors (Lipinski definition) is 4.